The predicted molar refractivity (Wildman–Crippen MR) is 72.0 cm³/mol. The average Bonchev–Trinajstić information content (AvgIpc) is 2.46. The number of benzene rings is 1. The van der Waals surface area contributed by atoms with Gasteiger partial charge in [-0.3, -0.25) is 0 Å². The van der Waals surface area contributed by atoms with E-state index in [-0.39, 0.29) is 12.4 Å². The third-order valence-electron chi connectivity index (χ3n) is 3.37. The van der Waals surface area contributed by atoms with Crippen LogP contribution in [0, 0.1) is 17.7 Å². The summed E-state index contributed by atoms with van der Waals surface area (Å²) in [6.07, 6.45) is 6.36. The van der Waals surface area contributed by atoms with Gasteiger partial charge in [0.15, 0.2) is 0 Å². The second-order valence-corrected chi connectivity index (χ2v) is 4.85. The van der Waals surface area contributed by atoms with Gasteiger partial charge in [0.2, 0.25) is 0 Å². The molecule has 1 fully saturated rings. The van der Waals surface area contributed by atoms with E-state index in [2.05, 4.69) is 11.8 Å². The predicted octanol–water partition coefficient (Wildman–Crippen LogP) is 3.02. The normalized spacial score (nSPS) is 15.9. The smallest absolute Gasteiger partial charge is 0.138 e. The summed E-state index contributed by atoms with van der Waals surface area (Å²) in [6.45, 7) is 0.237. The molecule has 102 valence electrons. The molecule has 2 nitrogen and oxygen atoms in total. The summed E-state index contributed by atoms with van der Waals surface area (Å²) in [6, 6.07) is 4.82. The molecule has 0 spiro atoms. The van der Waals surface area contributed by atoms with Gasteiger partial charge >= 0.3 is 0 Å². The van der Waals surface area contributed by atoms with Crippen molar-refractivity contribution in [2.45, 2.75) is 44.8 Å². The Kier molecular flexibility index (Phi) is 5.38. The Morgan fingerprint density at radius 3 is 2.79 bits per heavy atom. The maximum absolute atomic E-state index is 13.5. The van der Waals surface area contributed by atoms with E-state index in [0.717, 1.165) is 18.4 Å². The Hall–Kier alpha value is -1.37. The summed E-state index contributed by atoms with van der Waals surface area (Å²) < 4.78 is 19.3. The molecule has 2 rings (SSSR count). The van der Waals surface area contributed by atoms with Crippen LogP contribution in [0.4, 0.5) is 4.39 Å². The molecule has 0 amide bonds. The van der Waals surface area contributed by atoms with Gasteiger partial charge in [0.25, 0.3) is 0 Å². The first-order valence-corrected chi connectivity index (χ1v) is 6.79. The highest BCUT2D eigenvalue weighted by atomic mass is 19.1. The molecule has 0 aromatic heterocycles. The van der Waals surface area contributed by atoms with Crippen molar-refractivity contribution in [3.05, 3.63) is 35.1 Å². The van der Waals surface area contributed by atoms with Gasteiger partial charge in [-0.15, -0.1) is 0 Å². The van der Waals surface area contributed by atoms with Crippen molar-refractivity contribution in [3.8, 4) is 11.8 Å². The van der Waals surface area contributed by atoms with Gasteiger partial charge in [0.05, 0.1) is 18.3 Å². The number of hydrogen-bond acceptors (Lipinski definition) is 2. The molecule has 0 aliphatic heterocycles. The van der Waals surface area contributed by atoms with Crippen molar-refractivity contribution in [2.24, 2.45) is 0 Å². The summed E-state index contributed by atoms with van der Waals surface area (Å²) in [7, 11) is 0. The average molecular weight is 262 g/mol. The molecule has 0 unspecified atom stereocenters. The molecule has 0 bridgehead atoms. The first-order chi connectivity index (χ1) is 9.29. The molecule has 19 heavy (non-hydrogen) atoms. The maximum atomic E-state index is 13.5. The third kappa shape index (κ3) is 4.34. The van der Waals surface area contributed by atoms with Crippen molar-refractivity contribution < 1.29 is 14.2 Å². The molecular weight excluding hydrogens is 243 g/mol. The highest BCUT2D eigenvalue weighted by molar-refractivity contribution is 5.38. The van der Waals surface area contributed by atoms with Crippen LogP contribution in [0.15, 0.2) is 18.2 Å². The van der Waals surface area contributed by atoms with E-state index in [4.69, 9.17) is 9.84 Å². The second-order valence-electron chi connectivity index (χ2n) is 4.85. The van der Waals surface area contributed by atoms with E-state index < -0.39 is 0 Å². The number of ether oxygens (including phenoxy) is 1. The summed E-state index contributed by atoms with van der Waals surface area (Å²) in [4.78, 5) is 0. The Balaban J connectivity index is 1.96. The summed E-state index contributed by atoms with van der Waals surface area (Å²) in [5.74, 6) is 4.71. The Morgan fingerprint density at radius 2 is 2.05 bits per heavy atom. The minimum Gasteiger partial charge on any atom is -0.384 e. The fraction of sp³-hybridized carbons (Fsp3) is 0.500. The van der Waals surface area contributed by atoms with Gasteiger partial charge in [-0.1, -0.05) is 37.2 Å². The largest absolute Gasteiger partial charge is 0.384 e. The molecule has 0 heterocycles. The summed E-state index contributed by atoms with van der Waals surface area (Å²) in [5.41, 5.74) is 1.24. The van der Waals surface area contributed by atoms with E-state index in [1.807, 2.05) is 0 Å². The van der Waals surface area contributed by atoms with Crippen LogP contribution in [0.25, 0.3) is 0 Å². The van der Waals surface area contributed by atoms with E-state index in [1.54, 1.807) is 12.1 Å². The van der Waals surface area contributed by atoms with E-state index in [1.165, 1.54) is 25.3 Å². The Morgan fingerprint density at radius 1 is 1.26 bits per heavy atom. The van der Waals surface area contributed by atoms with Crippen molar-refractivity contribution in [1.29, 1.82) is 0 Å². The monoisotopic (exact) mass is 262 g/mol. The molecular formula is C16H19FO2. The van der Waals surface area contributed by atoms with E-state index in [9.17, 15) is 4.39 Å². The van der Waals surface area contributed by atoms with Crippen molar-refractivity contribution >= 4 is 0 Å². The minimum atomic E-state index is -0.359. The fourth-order valence-electron chi connectivity index (χ4n) is 2.34. The molecule has 1 aromatic carbocycles. The van der Waals surface area contributed by atoms with E-state index in [0.29, 0.717) is 18.3 Å². The zero-order valence-corrected chi connectivity index (χ0v) is 11.0. The molecule has 1 saturated carbocycles. The van der Waals surface area contributed by atoms with Gasteiger partial charge in [0, 0.05) is 0 Å². The Bertz CT molecular complexity index is 467. The van der Waals surface area contributed by atoms with Crippen LogP contribution in [-0.2, 0) is 11.3 Å². The maximum Gasteiger partial charge on any atom is 0.138 e. The van der Waals surface area contributed by atoms with Crippen LogP contribution in [0.5, 0.6) is 0 Å². The Labute approximate surface area is 113 Å². The van der Waals surface area contributed by atoms with Gasteiger partial charge in [-0.25, -0.2) is 4.39 Å². The zero-order chi connectivity index (χ0) is 13.5. The second kappa shape index (κ2) is 7.28. The first kappa shape index (κ1) is 14.0. The highest BCUT2D eigenvalue weighted by Gasteiger charge is 2.13. The number of hydrogen-bond donors (Lipinski definition) is 1. The van der Waals surface area contributed by atoms with E-state index >= 15 is 0 Å². The molecule has 0 atom stereocenters. The molecule has 0 saturated heterocycles. The van der Waals surface area contributed by atoms with Crippen LogP contribution in [0.1, 0.15) is 43.2 Å². The van der Waals surface area contributed by atoms with Crippen LogP contribution >= 0.6 is 0 Å². The lowest BCUT2D eigenvalue weighted by Crippen LogP contribution is -2.16. The van der Waals surface area contributed by atoms with Crippen LogP contribution in [-0.4, -0.2) is 17.8 Å². The fourth-order valence-corrected chi connectivity index (χ4v) is 2.34. The molecule has 1 N–H and O–H groups in total. The van der Waals surface area contributed by atoms with Crippen molar-refractivity contribution in [3.63, 3.8) is 0 Å². The van der Waals surface area contributed by atoms with Gasteiger partial charge in [0.1, 0.15) is 12.4 Å². The zero-order valence-electron chi connectivity index (χ0n) is 11.0. The van der Waals surface area contributed by atoms with Gasteiger partial charge in [-0.2, -0.15) is 0 Å². The van der Waals surface area contributed by atoms with Crippen molar-refractivity contribution in [1.82, 2.24) is 0 Å². The molecule has 1 aromatic rings. The highest BCUT2D eigenvalue weighted by Crippen LogP contribution is 2.21. The number of rotatable bonds is 3. The van der Waals surface area contributed by atoms with Gasteiger partial charge < -0.3 is 9.84 Å². The quantitative estimate of drug-likeness (QED) is 0.848. The lowest BCUT2D eigenvalue weighted by atomic mass is 9.98. The van der Waals surface area contributed by atoms with Crippen LogP contribution in [0.3, 0.4) is 0 Å². The molecule has 1 aliphatic rings. The number of halogens is 1. The summed E-state index contributed by atoms with van der Waals surface area (Å²) in [5, 5.41) is 8.64. The first-order valence-electron chi connectivity index (χ1n) is 6.79. The SMILES string of the molecule is OCC#Cc1cc(COC2CCCCC2)ccc1F. The standard InChI is InChI=1S/C16H19FO2/c17-16-9-8-13(11-14(16)5-4-10-18)12-19-15-6-2-1-3-7-15/h8-9,11,15,18H,1-3,6-7,10,12H2. The molecule has 1 aliphatic carbocycles. The number of aliphatic hydroxyl groups is 1. The topological polar surface area (TPSA) is 29.5 Å². The summed E-state index contributed by atoms with van der Waals surface area (Å²) >= 11 is 0. The lowest BCUT2D eigenvalue weighted by molar-refractivity contribution is 0.0168. The third-order valence-corrected chi connectivity index (χ3v) is 3.37. The van der Waals surface area contributed by atoms with Gasteiger partial charge in [-0.05, 0) is 30.5 Å². The van der Waals surface area contributed by atoms with Crippen LogP contribution in [0.2, 0.25) is 0 Å². The lowest BCUT2D eigenvalue weighted by Gasteiger charge is -2.22. The van der Waals surface area contributed by atoms with Crippen molar-refractivity contribution in [2.75, 3.05) is 6.61 Å². The minimum absolute atomic E-state index is 0.262. The molecule has 3 heteroatoms. The van der Waals surface area contributed by atoms with Crippen LogP contribution < -0.4 is 0 Å². The number of aliphatic hydroxyl groups excluding tert-OH is 1. The molecule has 0 radical (unpaired) electrons.